The highest BCUT2D eigenvalue weighted by Crippen LogP contribution is 2.50. The second-order valence-electron chi connectivity index (χ2n) is 8.63. The molecule has 8 heteroatoms. The molecule has 0 fully saturated rings. The SMILES string of the molecule is O=C(COC(=O)c1ccc2c(c1)C1C=CCC1C(c1ccc([N+](=O)[O-])cc1)N2)c1ccc(Cl)cc1. The summed E-state index contributed by atoms with van der Waals surface area (Å²) in [6.07, 6.45) is 5.12. The number of rotatable bonds is 6. The van der Waals surface area contributed by atoms with Crippen LogP contribution < -0.4 is 5.32 Å². The minimum absolute atomic E-state index is 0.0156. The maximum atomic E-state index is 12.7. The molecule has 0 bridgehead atoms. The van der Waals surface area contributed by atoms with Gasteiger partial charge >= 0.3 is 5.97 Å². The van der Waals surface area contributed by atoms with Crippen LogP contribution in [0.1, 0.15) is 50.2 Å². The van der Waals surface area contributed by atoms with E-state index in [9.17, 15) is 19.7 Å². The third-order valence-corrected chi connectivity index (χ3v) is 6.81. The van der Waals surface area contributed by atoms with E-state index < -0.39 is 10.9 Å². The van der Waals surface area contributed by atoms with Gasteiger partial charge in [0, 0.05) is 34.3 Å². The van der Waals surface area contributed by atoms with Gasteiger partial charge in [-0.1, -0.05) is 35.9 Å². The van der Waals surface area contributed by atoms with Gasteiger partial charge in [-0.25, -0.2) is 4.79 Å². The Morgan fingerprint density at radius 1 is 1.03 bits per heavy atom. The van der Waals surface area contributed by atoms with E-state index in [1.165, 1.54) is 12.1 Å². The molecular formula is C27H21ClN2O5. The average molecular weight is 489 g/mol. The number of carbonyl (C=O) groups is 2. The van der Waals surface area contributed by atoms with Crippen molar-refractivity contribution >= 4 is 34.7 Å². The number of anilines is 1. The number of carbonyl (C=O) groups excluding carboxylic acids is 2. The summed E-state index contributed by atoms with van der Waals surface area (Å²) in [5.74, 6) is -0.567. The zero-order valence-corrected chi connectivity index (χ0v) is 19.3. The van der Waals surface area contributed by atoms with Gasteiger partial charge in [-0.3, -0.25) is 14.9 Å². The number of allylic oxidation sites excluding steroid dienone is 2. The van der Waals surface area contributed by atoms with E-state index in [-0.39, 0.29) is 36.0 Å². The van der Waals surface area contributed by atoms with Crippen molar-refractivity contribution in [2.75, 3.05) is 11.9 Å². The lowest BCUT2D eigenvalue weighted by Gasteiger charge is -2.37. The number of nitro groups is 1. The number of halogens is 1. The predicted molar refractivity (Wildman–Crippen MR) is 132 cm³/mol. The van der Waals surface area contributed by atoms with Gasteiger partial charge in [-0.05, 0) is 65.9 Å². The van der Waals surface area contributed by atoms with Crippen LogP contribution >= 0.6 is 11.6 Å². The Bertz CT molecular complexity index is 1330. The summed E-state index contributed by atoms with van der Waals surface area (Å²) >= 11 is 5.85. The zero-order valence-electron chi connectivity index (χ0n) is 18.5. The summed E-state index contributed by atoms with van der Waals surface area (Å²) < 4.78 is 5.28. The normalized spacial score (nSPS) is 19.9. The maximum Gasteiger partial charge on any atom is 0.338 e. The van der Waals surface area contributed by atoms with E-state index in [1.54, 1.807) is 42.5 Å². The topological polar surface area (TPSA) is 98.5 Å². The quantitative estimate of drug-likeness (QED) is 0.148. The van der Waals surface area contributed by atoms with Gasteiger partial charge in [0.1, 0.15) is 0 Å². The number of hydrogen-bond donors (Lipinski definition) is 1. The minimum Gasteiger partial charge on any atom is -0.454 e. The summed E-state index contributed by atoms with van der Waals surface area (Å²) in [7, 11) is 0. The molecule has 176 valence electrons. The molecule has 1 aliphatic carbocycles. The number of esters is 1. The van der Waals surface area contributed by atoms with Crippen molar-refractivity contribution in [3.05, 3.63) is 116 Å². The van der Waals surface area contributed by atoms with Crippen molar-refractivity contribution < 1.29 is 19.2 Å². The molecule has 35 heavy (non-hydrogen) atoms. The molecular weight excluding hydrogens is 468 g/mol. The summed E-state index contributed by atoms with van der Waals surface area (Å²) in [6.45, 7) is -0.357. The summed E-state index contributed by atoms with van der Waals surface area (Å²) in [5.41, 5.74) is 3.72. The number of ether oxygens (including phenoxy) is 1. The molecule has 0 spiro atoms. The number of ketones is 1. The number of hydrogen-bond acceptors (Lipinski definition) is 6. The van der Waals surface area contributed by atoms with Crippen molar-refractivity contribution in [2.24, 2.45) is 5.92 Å². The van der Waals surface area contributed by atoms with Crippen LogP contribution in [0.2, 0.25) is 5.02 Å². The van der Waals surface area contributed by atoms with Gasteiger partial charge in [0.05, 0.1) is 16.5 Å². The van der Waals surface area contributed by atoms with Gasteiger partial charge in [-0.15, -0.1) is 0 Å². The second-order valence-corrected chi connectivity index (χ2v) is 9.07. The van der Waals surface area contributed by atoms with E-state index in [4.69, 9.17) is 16.3 Å². The molecule has 0 saturated carbocycles. The lowest BCUT2D eigenvalue weighted by Crippen LogP contribution is -2.29. The first-order chi connectivity index (χ1) is 16.9. The number of fused-ring (bicyclic) bond motifs is 3. The molecule has 2 aliphatic rings. The number of nitrogens with one attached hydrogen (secondary N) is 1. The monoisotopic (exact) mass is 488 g/mol. The van der Waals surface area contributed by atoms with Crippen LogP contribution in [0.5, 0.6) is 0 Å². The first kappa shape index (κ1) is 22.8. The van der Waals surface area contributed by atoms with Crippen molar-refractivity contribution in [2.45, 2.75) is 18.4 Å². The van der Waals surface area contributed by atoms with Crippen LogP contribution in [-0.2, 0) is 4.74 Å². The van der Waals surface area contributed by atoms with Gasteiger partial charge in [0.15, 0.2) is 12.4 Å². The Hall–Kier alpha value is -3.97. The molecule has 1 aliphatic heterocycles. The van der Waals surface area contributed by atoms with Gasteiger partial charge < -0.3 is 10.1 Å². The molecule has 7 nitrogen and oxygen atoms in total. The van der Waals surface area contributed by atoms with Gasteiger partial charge in [-0.2, -0.15) is 0 Å². The average Bonchev–Trinajstić information content (AvgIpc) is 3.37. The van der Waals surface area contributed by atoms with E-state index in [1.807, 2.05) is 12.1 Å². The van der Waals surface area contributed by atoms with Crippen LogP contribution in [-0.4, -0.2) is 23.3 Å². The third kappa shape index (κ3) is 4.55. The summed E-state index contributed by atoms with van der Waals surface area (Å²) in [6, 6.07) is 18.4. The van der Waals surface area contributed by atoms with E-state index in [0.29, 0.717) is 16.1 Å². The van der Waals surface area contributed by atoms with Crippen molar-refractivity contribution in [3.8, 4) is 0 Å². The third-order valence-electron chi connectivity index (χ3n) is 6.56. The number of benzene rings is 3. The molecule has 1 heterocycles. The Morgan fingerprint density at radius 2 is 1.74 bits per heavy atom. The molecule has 1 N–H and O–H groups in total. The Morgan fingerprint density at radius 3 is 2.46 bits per heavy atom. The van der Waals surface area contributed by atoms with E-state index in [0.717, 1.165) is 23.2 Å². The second kappa shape index (κ2) is 9.35. The summed E-state index contributed by atoms with van der Waals surface area (Å²) in [5, 5.41) is 15.1. The fourth-order valence-corrected chi connectivity index (χ4v) is 4.91. The number of nitrogens with zero attached hydrogens (tertiary/aromatic N) is 1. The lowest BCUT2D eigenvalue weighted by molar-refractivity contribution is -0.384. The largest absolute Gasteiger partial charge is 0.454 e. The Balaban J connectivity index is 1.33. The van der Waals surface area contributed by atoms with Crippen LogP contribution in [0.4, 0.5) is 11.4 Å². The summed E-state index contributed by atoms with van der Waals surface area (Å²) in [4.78, 5) is 35.6. The Kier molecular flexibility index (Phi) is 6.09. The lowest BCUT2D eigenvalue weighted by atomic mass is 9.76. The fourth-order valence-electron chi connectivity index (χ4n) is 4.79. The number of Topliss-reactive ketones (excluding diaryl/α,β-unsaturated/α-hetero) is 1. The number of nitro benzene ring substituents is 1. The van der Waals surface area contributed by atoms with Crippen molar-refractivity contribution in [3.63, 3.8) is 0 Å². The highest BCUT2D eigenvalue weighted by molar-refractivity contribution is 6.30. The highest BCUT2D eigenvalue weighted by atomic mass is 35.5. The molecule has 0 amide bonds. The van der Waals surface area contributed by atoms with Crippen LogP contribution in [0.3, 0.4) is 0 Å². The first-order valence-corrected chi connectivity index (χ1v) is 11.6. The van der Waals surface area contributed by atoms with E-state index >= 15 is 0 Å². The standard InChI is InChI=1S/C27H21ClN2O5/c28-19-9-4-16(5-10-19)25(31)15-35-27(32)18-8-13-24-23(14-18)21-2-1-3-22(21)26(29-24)17-6-11-20(12-7-17)30(33)34/h1-2,4-14,21-22,26,29H,3,15H2. The predicted octanol–water partition coefficient (Wildman–Crippen LogP) is 6.11. The zero-order chi connectivity index (χ0) is 24.5. The molecule has 3 atom stereocenters. The molecule has 3 aromatic carbocycles. The van der Waals surface area contributed by atoms with E-state index in [2.05, 4.69) is 17.5 Å². The first-order valence-electron chi connectivity index (χ1n) is 11.2. The highest BCUT2D eigenvalue weighted by Gasteiger charge is 2.38. The molecule has 3 aromatic rings. The van der Waals surface area contributed by atoms with Crippen molar-refractivity contribution in [1.29, 1.82) is 0 Å². The number of non-ortho nitro benzene ring substituents is 1. The molecule has 3 unspecified atom stereocenters. The molecule has 5 rings (SSSR count). The molecule has 0 radical (unpaired) electrons. The fraction of sp³-hybridized carbons (Fsp3) is 0.185. The minimum atomic E-state index is -0.564. The molecule has 0 aromatic heterocycles. The maximum absolute atomic E-state index is 12.7. The van der Waals surface area contributed by atoms with Gasteiger partial charge in [0.2, 0.25) is 0 Å². The van der Waals surface area contributed by atoms with Crippen molar-refractivity contribution in [1.82, 2.24) is 0 Å². The van der Waals surface area contributed by atoms with Gasteiger partial charge in [0.25, 0.3) is 5.69 Å². The smallest absolute Gasteiger partial charge is 0.338 e. The van der Waals surface area contributed by atoms with Crippen LogP contribution in [0.15, 0.2) is 78.9 Å². The Labute approximate surface area is 206 Å². The van der Waals surface area contributed by atoms with Crippen LogP contribution in [0, 0.1) is 16.0 Å². The molecule has 0 saturated heterocycles. The van der Waals surface area contributed by atoms with Crippen LogP contribution in [0.25, 0.3) is 0 Å².